The molecule has 0 aliphatic heterocycles. The van der Waals surface area contributed by atoms with Crippen molar-refractivity contribution in [3.05, 3.63) is 23.8 Å². The average Bonchev–Trinajstić information content (AvgIpc) is 2.29. The molecule has 0 N–H and O–H groups in total. The van der Waals surface area contributed by atoms with Crippen LogP contribution in [0.5, 0.6) is 0 Å². The molecule has 0 saturated heterocycles. The fourth-order valence-electron chi connectivity index (χ4n) is 1.49. The predicted molar refractivity (Wildman–Crippen MR) is 87.7 cm³/mol. The molecule has 0 aliphatic carbocycles. The number of carbonyl (C=O) groups excluding carboxylic acids is 1. The number of hydrogen-bond donors (Lipinski definition) is 0. The van der Waals surface area contributed by atoms with Crippen molar-refractivity contribution in [2.45, 2.75) is 59.7 Å². The van der Waals surface area contributed by atoms with Gasteiger partial charge in [0.05, 0.1) is 0 Å². The minimum Gasteiger partial charge on any atom is -0.299 e. The first-order chi connectivity index (χ1) is 8.66. The third kappa shape index (κ3) is 11.7. The van der Waals surface area contributed by atoms with Gasteiger partial charge in [-0.3, -0.25) is 4.79 Å². The Bertz CT molecular complexity index is 397. The van der Waals surface area contributed by atoms with E-state index in [1.54, 1.807) is 6.08 Å². The highest BCUT2D eigenvalue weighted by atomic mass is 28.3. The zero-order valence-corrected chi connectivity index (χ0v) is 14.3. The van der Waals surface area contributed by atoms with E-state index in [0.29, 0.717) is 0 Å². The monoisotopic (exact) mass is 276 g/mol. The van der Waals surface area contributed by atoms with Crippen molar-refractivity contribution in [3.63, 3.8) is 0 Å². The molecule has 106 valence electrons. The Morgan fingerprint density at radius 3 is 2.42 bits per heavy atom. The van der Waals surface area contributed by atoms with Crippen molar-refractivity contribution < 1.29 is 4.79 Å². The van der Waals surface area contributed by atoms with Gasteiger partial charge in [-0.1, -0.05) is 51.2 Å². The summed E-state index contributed by atoms with van der Waals surface area (Å²) in [5, 5.41) is 0. The number of rotatable bonds is 6. The molecule has 0 aromatic rings. The molecule has 0 aliphatic rings. The molecule has 19 heavy (non-hydrogen) atoms. The van der Waals surface area contributed by atoms with E-state index in [4.69, 9.17) is 0 Å². The standard InChI is InChI=1S/C17H28OSi/c1-16(10-7-8-15-19(4,5)6)11-13-17(2,3)12-9-14-18/h9,11-12,14H,7,10,13H2,1-6H3/b12-9+,16-11+. The van der Waals surface area contributed by atoms with Gasteiger partial charge in [0.2, 0.25) is 0 Å². The molecule has 0 fully saturated rings. The quantitative estimate of drug-likeness (QED) is 0.225. The molecule has 0 amide bonds. The van der Waals surface area contributed by atoms with Gasteiger partial charge in [0, 0.05) is 6.42 Å². The lowest BCUT2D eigenvalue weighted by Crippen LogP contribution is -2.16. The summed E-state index contributed by atoms with van der Waals surface area (Å²) in [4.78, 5) is 10.3. The van der Waals surface area contributed by atoms with Crippen molar-refractivity contribution in [2.24, 2.45) is 5.41 Å². The van der Waals surface area contributed by atoms with Crippen LogP contribution in [0.1, 0.15) is 40.0 Å². The molecule has 0 aromatic heterocycles. The van der Waals surface area contributed by atoms with Crippen LogP contribution >= 0.6 is 0 Å². The zero-order valence-electron chi connectivity index (χ0n) is 13.3. The Balaban J connectivity index is 4.24. The first-order valence-corrected chi connectivity index (χ1v) is 10.4. The van der Waals surface area contributed by atoms with Crippen LogP contribution in [0.15, 0.2) is 23.8 Å². The highest BCUT2D eigenvalue weighted by molar-refractivity contribution is 6.83. The van der Waals surface area contributed by atoms with E-state index in [-0.39, 0.29) is 5.41 Å². The fourth-order valence-corrected chi connectivity index (χ4v) is 2.15. The fraction of sp³-hybridized carbons (Fsp3) is 0.588. The smallest absolute Gasteiger partial charge is 0.142 e. The molecule has 0 atom stereocenters. The Morgan fingerprint density at radius 2 is 1.89 bits per heavy atom. The summed E-state index contributed by atoms with van der Waals surface area (Å²) in [7, 11) is -1.22. The summed E-state index contributed by atoms with van der Waals surface area (Å²) in [5.41, 5.74) is 4.82. The van der Waals surface area contributed by atoms with Gasteiger partial charge < -0.3 is 0 Å². The molecule has 0 aromatic carbocycles. The van der Waals surface area contributed by atoms with Crippen molar-refractivity contribution in [1.82, 2.24) is 0 Å². The van der Waals surface area contributed by atoms with Gasteiger partial charge in [-0.2, -0.15) is 0 Å². The van der Waals surface area contributed by atoms with Crippen LogP contribution in [-0.2, 0) is 4.79 Å². The Labute approximate surface area is 120 Å². The maximum absolute atomic E-state index is 10.3. The van der Waals surface area contributed by atoms with E-state index < -0.39 is 8.07 Å². The van der Waals surface area contributed by atoms with Gasteiger partial charge in [-0.25, -0.2) is 0 Å². The van der Waals surface area contributed by atoms with E-state index in [1.807, 2.05) is 6.08 Å². The van der Waals surface area contributed by atoms with Crippen LogP contribution in [0, 0.1) is 16.9 Å². The van der Waals surface area contributed by atoms with E-state index in [2.05, 4.69) is 58.0 Å². The summed E-state index contributed by atoms with van der Waals surface area (Å²) in [5.74, 6) is 3.30. The van der Waals surface area contributed by atoms with Gasteiger partial charge in [-0.05, 0) is 31.3 Å². The lowest BCUT2D eigenvalue weighted by molar-refractivity contribution is -0.104. The summed E-state index contributed by atoms with van der Waals surface area (Å²) in [6, 6.07) is 0. The predicted octanol–water partition coefficient (Wildman–Crippen LogP) is 4.77. The SMILES string of the molecule is C/C(=C\CC(C)(C)/C=C/C=O)CCC#C[Si](C)(C)C. The van der Waals surface area contributed by atoms with Gasteiger partial charge >= 0.3 is 0 Å². The third-order valence-electron chi connectivity index (χ3n) is 2.71. The second kappa shape index (κ2) is 8.17. The van der Waals surface area contributed by atoms with E-state index in [9.17, 15) is 4.79 Å². The van der Waals surface area contributed by atoms with Crippen LogP contribution in [0.2, 0.25) is 19.6 Å². The van der Waals surface area contributed by atoms with Crippen LogP contribution in [0.3, 0.4) is 0 Å². The number of aldehydes is 1. The second-order valence-corrected chi connectivity index (χ2v) is 11.5. The van der Waals surface area contributed by atoms with Gasteiger partial charge in [0.25, 0.3) is 0 Å². The average molecular weight is 276 g/mol. The van der Waals surface area contributed by atoms with Crippen LogP contribution in [0.4, 0.5) is 0 Å². The topological polar surface area (TPSA) is 17.1 Å². The van der Waals surface area contributed by atoms with E-state index in [1.165, 1.54) is 5.57 Å². The van der Waals surface area contributed by atoms with Gasteiger partial charge in [0.15, 0.2) is 0 Å². The molecule has 0 bridgehead atoms. The molecule has 0 rings (SSSR count). The normalized spacial score (nSPS) is 13.3. The van der Waals surface area contributed by atoms with Crippen LogP contribution in [-0.4, -0.2) is 14.4 Å². The highest BCUT2D eigenvalue weighted by Gasteiger charge is 2.11. The van der Waals surface area contributed by atoms with Gasteiger partial charge in [-0.15, -0.1) is 11.5 Å². The van der Waals surface area contributed by atoms with Gasteiger partial charge in [0.1, 0.15) is 14.4 Å². The summed E-state index contributed by atoms with van der Waals surface area (Å²) in [6.45, 7) is 13.2. The molecule has 0 radical (unpaired) electrons. The summed E-state index contributed by atoms with van der Waals surface area (Å²) >= 11 is 0. The minimum absolute atomic E-state index is 0.0478. The first-order valence-electron chi connectivity index (χ1n) is 6.95. The minimum atomic E-state index is -1.22. The molecular weight excluding hydrogens is 248 g/mol. The maximum Gasteiger partial charge on any atom is 0.142 e. The van der Waals surface area contributed by atoms with E-state index in [0.717, 1.165) is 25.5 Å². The molecule has 0 spiro atoms. The van der Waals surface area contributed by atoms with Crippen molar-refractivity contribution in [2.75, 3.05) is 0 Å². The van der Waals surface area contributed by atoms with Crippen molar-refractivity contribution in [1.29, 1.82) is 0 Å². The molecular formula is C17H28OSi. The molecule has 1 nitrogen and oxygen atoms in total. The maximum atomic E-state index is 10.3. The molecule has 0 heterocycles. The Hall–Kier alpha value is -1.07. The van der Waals surface area contributed by atoms with Crippen molar-refractivity contribution >= 4 is 14.4 Å². The zero-order chi connectivity index (χ0) is 14.9. The summed E-state index contributed by atoms with van der Waals surface area (Å²) in [6.07, 6.45) is 9.62. The molecule has 0 unspecified atom stereocenters. The largest absolute Gasteiger partial charge is 0.299 e. The first kappa shape index (κ1) is 17.9. The lowest BCUT2D eigenvalue weighted by Gasteiger charge is -2.17. The number of hydrogen-bond acceptors (Lipinski definition) is 1. The highest BCUT2D eigenvalue weighted by Crippen LogP contribution is 2.23. The number of allylic oxidation sites excluding steroid dienone is 4. The van der Waals surface area contributed by atoms with Crippen LogP contribution < -0.4 is 0 Å². The second-order valence-electron chi connectivity index (χ2n) is 6.79. The number of carbonyl (C=O) groups is 1. The molecule has 2 heteroatoms. The third-order valence-corrected chi connectivity index (χ3v) is 3.64. The lowest BCUT2D eigenvalue weighted by atomic mass is 9.88. The summed E-state index contributed by atoms with van der Waals surface area (Å²) < 4.78 is 0. The molecule has 0 saturated carbocycles. The van der Waals surface area contributed by atoms with Crippen molar-refractivity contribution in [3.8, 4) is 11.5 Å². The Morgan fingerprint density at radius 1 is 1.26 bits per heavy atom. The Kier molecular flexibility index (Phi) is 7.71. The van der Waals surface area contributed by atoms with Crippen LogP contribution in [0.25, 0.3) is 0 Å². The van der Waals surface area contributed by atoms with E-state index >= 15 is 0 Å².